The molecule has 7 heteroatoms. The summed E-state index contributed by atoms with van der Waals surface area (Å²) in [6.07, 6.45) is 6.92. The third-order valence-corrected chi connectivity index (χ3v) is 4.73. The van der Waals surface area contributed by atoms with E-state index in [1.54, 1.807) is 42.9 Å². The first-order valence-corrected chi connectivity index (χ1v) is 9.68. The van der Waals surface area contributed by atoms with Gasteiger partial charge in [0.15, 0.2) is 0 Å². The van der Waals surface area contributed by atoms with Gasteiger partial charge >= 0.3 is 0 Å². The minimum absolute atomic E-state index is 0.364. The van der Waals surface area contributed by atoms with Crippen LogP contribution in [0.2, 0.25) is 5.02 Å². The van der Waals surface area contributed by atoms with Gasteiger partial charge in [-0.3, -0.25) is 14.5 Å². The van der Waals surface area contributed by atoms with Crippen molar-refractivity contribution in [3.05, 3.63) is 107 Å². The van der Waals surface area contributed by atoms with E-state index in [4.69, 9.17) is 16.7 Å². The average Bonchev–Trinajstić information content (AvgIpc) is 3.17. The van der Waals surface area contributed by atoms with Gasteiger partial charge in [0.1, 0.15) is 5.69 Å². The fourth-order valence-electron chi connectivity index (χ4n) is 2.98. The molecule has 2 aromatic heterocycles. The van der Waals surface area contributed by atoms with E-state index in [0.29, 0.717) is 17.1 Å². The van der Waals surface area contributed by atoms with Crippen LogP contribution < -0.4 is 5.43 Å². The number of nitrogens with zero attached hydrogens (tertiary/aromatic N) is 4. The smallest absolute Gasteiger partial charge is 0.267 e. The average molecular weight is 416 g/mol. The van der Waals surface area contributed by atoms with Crippen LogP contribution in [0.3, 0.4) is 0 Å². The molecule has 0 aliphatic heterocycles. The molecule has 148 valence electrons. The number of pyridine rings is 1. The minimum Gasteiger partial charge on any atom is -0.267 e. The summed E-state index contributed by atoms with van der Waals surface area (Å²) < 4.78 is 1.84. The minimum atomic E-state index is -0.378. The summed E-state index contributed by atoms with van der Waals surface area (Å²) >= 11 is 6.07. The van der Waals surface area contributed by atoms with E-state index in [1.165, 1.54) is 0 Å². The SMILES string of the molecule is O=C(N/N=C/c1cn(Cc2ccccc2)nc1-c1cccnc1)c1ccccc1Cl. The summed E-state index contributed by atoms with van der Waals surface area (Å²) in [6, 6.07) is 20.7. The van der Waals surface area contributed by atoms with Gasteiger partial charge in [0.2, 0.25) is 0 Å². The Labute approximate surface area is 178 Å². The van der Waals surface area contributed by atoms with Crippen LogP contribution in [0.1, 0.15) is 21.5 Å². The predicted molar refractivity (Wildman–Crippen MR) is 118 cm³/mol. The van der Waals surface area contributed by atoms with Gasteiger partial charge in [0.25, 0.3) is 5.91 Å². The van der Waals surface area contributed by atoms with Crippen molar-refractivity contribution in [2.45, 2.75) is 6.54 Å². The van der Waals surface area contributed by atoms with Crippen LogP contribution in [0, 0.1) is 0 Å². The summed E-state index contributed by atoms with van der Waals surface area (Å²) in [4.78, 5) is 16.5. The largest absolute Gasteiger partial charge is 0.272 e. The number of amides is 1. The number of nitrogens with one attached hydrogen (secondary N) is 1. The molecule has 4 rings (SSSR count). The van der Waals surface area contributed by atoms with Gasteiger partial charge < -0.3 is 0 Å². The Morgan fingerprint density at radius 3 is 2.63 bits per heavy atom. The Kier molecular flexibility index (Phi) is 5.96. The number of halogens is 1. The molecular formula is C23H18ClN5O. The van der Waals surface area contributed by atoms with E-state index in [-0.39, 0.29) is 5.91 Å². The van der Waals surface area contributed by atoms with Crippen LogP contribution >= 0.6 is 11.6 Å². The van der Waals surface area contributed by atoms with Crippen molar-refractivity contribution in [3.8, 4) is 11.3 Å². The fourth-order valence-corrected chi connectivity index (χ4v) is 3.20. The molecule has 30 heavy (non-hydrogen) atoms. The molecule has 0 unspecified atom stereocenters. The number of rotatable bonds is 6. The fraction of sp³-hybridized carbons (Fsp3) is 0.0435. The lowest BCUT2D eigenvalue weighted by molar-refractivity contribution is 0.0955. The second kappa shape index (κ2) is 9.15. The second-order valence-electron chi connectivity index (χ2n) is 6.54. The normalized spacial score (nSPS) is 11.0. The zero-order chi connectivity index (χ0) is 20.8. The van der Waals surface area contributed by atoms with Crippen molar-refractivity contribution >= 4 is 23.7 Å². The molecule has 2 heterocycles. The molecule has 0 atom stereocenters. The predicted octanol–water partition coefficient (Wildman–Crippen LogP) is 4.41. The first kappa shape index (κ1) is 19.5. The van der Waals surface area contributed by atoms with Crippen molar-refractivity contribution in [1.82, 2.24) is 20.2 Å². The van der Waals surface area contributed by atoms with Crippen molar-refractivity contribution in [2.24, 2.45) is 5.10 Å². The Bertz CT molecular complexity index is 1170. The number of hydrazone groups is 1. The van der Waals surface area contributed by atoms with Gasteiger partial charge in [0, 0.05) is 29.7 Å². The number of hydrogen-bond donors (Lipinski definition) is 1. The number of hydrogen-bond acceptors (Lipinski definition) is 4. The van der Waals surface area contributed by atoms with E-state index < -0.39 is 0 Å². The summed E-state index contributed by atoms with van der Waals surface area (Å²) in [5.74, 6) is -0.378. The third kappa shape index (κ3) is 4.61. The number of carbonyl (C=O) groups excluding carboxylic acids is 1. The van der Waals surface area contributed by atoms with E-state index in [0.717, 1.165) is 22.4 Å². The lowest BCUT2D eigenvalue weighted by Gasteiger charge is -2.01. The Morgan fingerprint density at radius 1 is 1.07 bits per heavy atom. The number of carbonyl (C=O) groups is 1. The van der Waals surface area contributed by atoms with E-state index in [2.05, 4.69) is 15.5 Å². The number of benzene rings is 2. The second-order valence-corrected chi connectivity index (χ2v) is 6.94. The first-order chi connectivity index (χ1) is 14.7. The van der Waals surface area contributed by atoms with Crippen LogP contribution in [0.25, 0.3) is 11.3 Å². The molecule has 6 nitrogen and oxygen atoms in total. The molecule has 4 aromatic rings. The maximum absolute atomic E-state index is 12.3. The summed E-state index contributed by atoms with van der Waals surface area (Å²) in [7, 11) is 0. The van der Waals surface area contributed by atoms with Crippen molar-refractivity contribution in [3.63, 3.8) is 0 Å². The number of aromatic nitrogens is 3. The molecule has 1 amide bonds. The van der Waals surface area contributed by atoms with Gasteiger partial charge in [-0.2, -0.15) is 10.2 Å². The van der Waals surface area contributed by atoms with Crippen LogP contribution in [0.4, 0.5) is 0 Å². The molecule has 0 saturated carbocycles. The lowest BCUT2D eigenvalue weighted by atomic mass is 10.1. The molecular weight excluding hydrogens is 398 g/mol. The van der Waals surface area contributed by atoms with Crippen LogP contribution in [-0.2, 0) is 6.54 Å². The maximum Gasteiger partial charge on any atom is 0.272 e. The molecule has 0 bridgehead atoms. The maximum atomic E-state index is 12.3. The van der Waals surface area contributed by atoms with Crippen molar-refractivity contribution < 1.29 is 4.79 Å². The van der Waals surface area contributed by atoms with E-state index in [9.17, 15) is 4.79 Å². The summed E-state index contributed by atoms with van der Waals surface area (Å²) in [5.41, 5.74) is 6.37. The van der Waals surface area contributed by atoms with Gasteiger partial charge in [-0.15, -0.1) is 0 Å². The highest BCUT2D eigenvalue weighted by Crippen LogP contribution is 2.20. The van der Waals surface area contributed by atoms with Crippen LogP contribution in [-0.4, -0.2) is 26.9 Å². The molecule has 0 fully saturated rings. The Hall–Kier alpha value is -3.77. The lowest BCUT2D eigenvalue weighted by Crippen LogP contribution is -2.17. The highest BCUT2D eigenvalue weighted by Gasteiger charge is 2.12. The van der Waals surface area contributed by atoms with Crippen molar-refractivity contribution in [2.75, 3.05) is 0 Å². The van der Waals surface area contributed by atoms with Crippen molar-refractivity contribution in [1.29, 1.82) is 0 Å². The topological polar surface area (TPSA) is 72.2 Å². The van der Waals surface area contributed by atoms with E-state index >= 15 is 0 Å². The molecule has 0 spiro atoms. The molecule has 0 saturated heterocycles. The van der Waals surface area contributed by atoms with Gasteiger partial charge in [-0.05, 0) is 29.8 Å². The highest BCUT2D eigenvalue weighted by atomic mass is 35.5. The molecule has 0 aliphatic carbocycles. The monoisotopic (exact) mass is 415 g/mol. The molecule has 0 aliphatic rings. The van der Waals surface area contributed by atoms with Crippen LogP contribution in [0.15, 0.2) is 90.4 Å². The molecule has 1 N–H and O–H groups in total. The Morgan fingerprint density at radius 2 is 1.87 bits per heavy atom. The zero-order valence-corrected chi connectivity index (χ0v) is 16.7. The highest BCUT2D eigenvalue weighted by molar-refractivity contribution is 6.33. The standard InChI is InChI=1S/C23H18ClN5O/c24-21-11-5-4-10-20(21)23(30)27-26-14-19-16-29(15-17-7-2-1-3-8-17)28-22(19)18-9-6-12-25-13-18/h1-14,16H,15H2,(H,27,30)/b26-14+. The first-order valence-electron chi connectivity index (χ1n) is 9.30. The quantitative estimate of drug-likeness (QED) is 0.374. The summed E-state index contributed by atoms with van der Waals surface area (Å²) in [6.45, 7) is 0.619. The molecule has 0 radical (unpaired) electrons. The third-order valence-electron chi connectivity index (χ3n) is 4.40. The van der Waals surface area contributed by atoms with E-state index in [1.807, 2.05) is 53.3 Å². The van der Waals surface area contributed by atoms with Gasteiger partial charge in [0.05, 0.1) is 23.3 Å². The van der Waals surface area contributed by atoms with Gasteiger partial charge in [-0.1, -0.05) is 54.1 Å². The zero-order valence-electron chi connectivity index (χ0n) is 15.9. The molecule has 2 aromatic carbocycles. The Balaban J connectivity index is 1.58. The summed E-state index contributed by atoms with van der Waals surface area (Å²) in [5, 5.41) is 9.18. The van der Waals surface area contributed by atoms with Crippen LogP contribution in [0.5, 0.6) is 0 Å². The van der Waals surface area contributed by atoms with Gasteiger partial charge in [-0.25, -0.2) is 5.43 Å².